The van der Waals surface area contributed by atoms with Crippen LogP contribution in [0, 0.1) is 0 Å². The molecule has 0 aliphatic carbocycles. The van der Waals surface area contributed by atoms with Crippen LogP contribution in [0.2, 0.25) is 0 Å². The zero-order valence-electron chi connectivity index (χ0n) is 14.3. The van der Waals surface area contributed by atoms with Crippen molar-refractivity contribution < 1.29 is 4.79 Å². The average Bonchev–Trinajstić information content (AvgIpc) is 3.31. The molecule has 3 aromatic rings. The lowest BCUT2D eigenvalue weighted by atomic mass is 10.1. The van der Waals surface area contributed by atoms with Gasteiger partial charge < -0.3 is 15.6 Å². The standard InChI is InChI=1S/C17H18N6OS.2ClH/c24-16(15-14-13(4-7-19-15)21-10-22-14)20-6-3-12-9-25-17(23-12)11-2-1-5-18-8-11;;/h1-2,5,8-10,15,19H,3-4,6-7H2,(H,20,24)(H,21,22);2*1H. The Hall–Kier alpha value is -2.00. The highest BCUT2D eigenvalue weighted by atomic mass is 35.5. The number of carbonyl (C=O) groups is 1. The Morgan fingerprint density at radius 3 is 3.07 bits per heavy atom. The van der Waals surface area contributed by atoms with Gasteiger partial charge in [0.1, 0.15) is 11.0 Å². The van der Waals surface area contributed by atoms with Crippen LogP contribution < -0.4 is 10.6 Å². The second-order valence-corrected chi connectivity index (χ2v) is 6.69. The van der Waals surface area contributed by atoms with Gasteiger partial charge in [-0.3, -0.25) is 9.78 Å². The summed E-state index contributed by atoms with van der Waals surface area (Å²) in [5.41, 5.74) is 3.83. The summed E-state index contributed by atoms with van der Waals surface area (Å²) in [6.45, 7) is 1.32. The molecule has 0 spiro atoms. The summed E-state index contributed by atoms with van der Waals surface area (Å²) in [6, 6.07) is 3.52. The number of aromatic nitrogens is 4. The molecule has 0 fully saturated rings. The Balaban J connectivity index is 0.00000131. The van der Waals surface area contributed by atoms with Gasteiger partial charge in [-0.2, -0.15) is 0 Å². The lowest BCUT2D eigenvalue weighted by Crippen LogP contribution is -2.42. The van der Waals surface area contributed by atoms with Gasteiger partial charge in [0.25, 0.3) is 0 Å². The molecule has 0 saturated carbocycles. The minimum atomic E-state index is -0.378. The lowest BCUT2D eigenvalue weighted by Gasteiger charge is -2.22. The van der Waals surface area contributed by atoms with E-state index in [1.165, 1.54) is 0 Å². The van der Waals surface area contributed by atoms with E-state index in [-0.39, 0.29) is 36.8 Å². The van der Waals surface area contributed by atoms with Gasteiger partial charge in [-0.25, -0.2) is 9.97 Å². The van der Waals surface area contributed by atoms with E-state index in [0.717, 1.165) is 40.6 Å². The van der Waals surface area contributed by atoms with Crippen molar-refractivity contribution in [3.8, 4) is 10.6 Å². The molecule has 10 heteroatoms. The first kappa shape index (κ1) is 21.3. The summed E-state index contributed by atoms with van der Waals surface area (Å²) in [6.07, 6.45) is 6.77. The molecule has 27 heavy (non-hydrogen) atoms. The molecule has 0 bridgehead atoms. The molecule has 1 aliphatic rings. The van der Waals surface area contributed by atoms with Crippen LogP contribution in [0.4, 0.5) is 0 Å². The second kappa shape index (κ2) is 9.80. The number of H-pyrrole nitrogens is 1. The number of hydrogen-bond donors (Lipinski definition) is 3. The first-order valence-corrected chi connectivity index (χ1v) is 9.07. The number of pyridine rings is 1. The fourth-order valence-corrected chi connectivity index (χ4v) is 3.74. The summed E-state index contributed by atoms with van der Waals surface area (Å²) < 4.78 is 0. The van der Waals surface area contributed by atoms with E-state index in [2.05, 4.69) is 30.6 Å². The summed E-state index contributed by atoms with van der Waals surface area (Å²) in [4.78, 5) is 28.5. The molecule has 0 aromatic carbocycles. The number of hydrogen-bond acceptors (Lipinski definition) is 6. The Morgan fingerprint density at radius 1 is 1.37 bits per heavy atom. The van der Waals surface area contributed by atoms with E-state index >= 15 is 0 Å². The van der Waals surface area contributed by atoms with E-state index in [0.29, 0.717) is 13.0 Å². The van der Waals surface area contributed by atoms with Crippen molar-refractivity contribution in [3.63, 3.8) is 0 Å². The highest BCUT2D eigenvalue weighted by molar-refractivity contribution is 7.13. The predicted molar refractivity (Wildman–Crippen MR) is 110 cm³/mol. The van der Waals surface area contributed by atoms with E-state index in [1.807, 2.05) is 17.5 Å². The maximum absolute atomic E-state index is 12.4. The highest BCUT2D eigenvalue weighted by Gasteiger charge is 2.28. The van der Waals surface area contributed by atoms with Crippen LogP contribution >= 0.6 is 36.2 Å². The van der Waals surface area contributed by atoms with Crippen molar-refractivity contribution in [2.75, 3.05) is 13.1 Å². The summed E-state index contributed by atoms with van der Waals surface area (Å²) >= 11 is 1.59. The average molecular weight is 427 g/mol. The molecule has 4 heterocycles. The molecular formula is C17H20Cl2N6OS. The fraction of sp³-hybridized carbons (Fsp3) is 0.294. The first-order chi connectivity index (χ1) is 12.3. The number of amides is 1. The largest absolute Gasteiger partial charge is 0.354 e. The third-order valence-electron chi connectivity index (χ3n) is 4.15. The number of aromatic amines is 1. The molecular weight excluding hydrogens is 407 g/mol. The predicted octanol–water partition coefficient (Wildman–Crippen LogP) is 2.32. The van der Waals surface area contributed by atoms with Crippen molar-refractivity contribution in [3.05, 3.63) is 53.3 Å². The van der Waals surface area contributed by atoms with Crippen LogP contribution in [-0.2, 0) is 17.6 Å². The fourth-order valence-electron chi connectivity index (χ4n) is 2.90. The number of imidazole rings is 1. The van der Waals surface area contributed by atoms with Crippen LogP contribution in [0.25, 0.3) is 10.6 Å². The number of nitrogens with one attached hydrogen (secondary N) is 3. The molecule has 0 saturated heterocycles. The number of thiazole rings is 1. The van der Waals surface area contributed by atoms with E-state index in [4.69, 9.17) is 0 Å². The van der Waals surface area contributed by atoms with Crippen LogP contribution in [0.3, 0.4) is 0 Å². The van der Waals surface area contributed by atoms with Crippen molar-refractivity contribution >= 4 is 42.1 Å². The quantitative estimate of drug-likeness (QED) is 0.581. The normalized spacial score (nSPS) is 15.2. The van der Waals surface area contributed by atoms with Crippen molar-refractivity contribution in [2.24, 2.45) is 0 Å². The van der Waals surface area contributed by atoms with E-state index in [1.54, 1.807) is 30.1 Å². The summed E-state index contributed by atoms with van der Waals surface area (Å²) in [5.74, 6) is -0.0456. The van der Waals surface area contributed by atoms with Gasteiger partial charge in [0, 0.05) is 55.0 Å². The maximum atomic E-state index is 12.4. The van der Waals surface area contributed by atoms with Gasteiger partial charge in [0.05, 0.1) is 17.7 Å². The second-order valence-electron chi connectivity index (χ2n) is 5.83. The van der Waals surface area contributed by atoms with Crippen molar-refractivity contribution in [2.45, 2.75) is 18.9 Å². The zero-order valence-corrected chi connectivity index (χ0v) is 16.8. The molecule has 4 rings (SSSR count). The third-order valence-corrected chi connectivity index (χ3v) is 5.09. The highest BCUT2D eigenvalue weighted by Crippen LogP contribution is 2.23. The Labute approximate surface area is 173 Å². The van der Waals surface area contributed by atoms with Gasteiger partial charge in [-0.15, -0.1) is 36.2 Å². The lowest BCUT2D eigenvalue weighted by molar-refractivity contribution is -0.123. The number of nitrogens with zero attached hydrogens (tertiary/aromatic N) is 3. The summed E-state index contributed by atoms with van der Waals surface area (Å²) in [5, 5.41) is 9.17. The number of fused-ring (bicyclic) bond motifs is 1. The molecule has 3 aromatic heterocycles. The monoisotopic (exact) mass is 426 g/mol. The summed E-state index contributed by atoms with van der Waals surface area (Å²) in [7, 11) is 0. The van der Waals surface area contributed by atoms with E-state index in [9.17, 15) is 4.79 Å². The number of halogens is 2. The van der Waals surface area contributed by atoms with Gasteiger partial charge in [0.2, 0.25) is 5.91 Å². The Morgan fingerprint density at radius 2 is 2.26 bits per heavy atom. The Kier molecular flexibility index (Phi) is 7.73. The SMILES string of the molecule is Cl.Cl.O=C(NCCc1csc(-c2cccnc2)n1)C1NCCc2[nH]cnc21. The molecule has 1 atom stereocenters. The van der Waals surface area contributed by atoms with Crippen LogP contribution in [-0.4, -0.2) is 38.9 Å². The molecule has 1 aliphatic heterocycles. The van der Waals surface area contributed by atoms with Crippen LogP contribution in [0.5, 0.6) is 0 Å². The molecule has 1 amide bonds. The molecule has 7 nitrogen and oxygen atoms in total. The molecule has 144 valence electrons. The van der Waals surface area contributed by atoms with Gasteiger partial charge in [-0.05, 0) is 12.1 Å². The minimum absolute atomic E-state index is 0. The topological polar surface area (TPSA) is 95.6 Å². The molecule has 3 N–H and O–H groups in total. The van der Waals surface area contributed by atoms with Crippen LogP contribution in [0.15, 0.2) is 36.2 Å². The van der Waals surface area contributed by atoms with Crippen molar-refractivity contribution in [1.82, 2.24) is 30.6 Å². The number of rotatable bonds is 5. The third kappa shape index (κ3) is 4.84. The van der Waals surface area contributed by atoms with E-state index < -0.39 is 0 Å². The maximum Gasteiger partial charge on any atom is 0.243 e. The van der Waals surface area contributed by atoms with Gasteiger partial charge in [0.15, 0.2) is 0 Å². The minimum Gasteiger partial charge on any atom is -0.354 e. The molecule has 0 radical (unpaired) electrons. The van der Waals surface area contributed by atoms with Gasteiger partial charge in [-0.1, -0.05) is 0 Å². The smallest absolute Gasteiger partial charge is 0.243 e. The van der Waals surface area contributed by atoms with Crippen LogP contribution in [0.1, 0.15) is 23.1 Å². The number of carbonyl (C=O) groups excluding carboxylic acids is 1. The van der Waals surface area contributed by atoms with Gasteiger partial charge >= 0.3 is 0 Å². The zero-order chi connectivity index (χ0) is 17.1. The Bertz CT molecular complexity index is 869. The molecule has 1 unspecified atom stereocenters. The first-order valence-electron chi connectivity index (χ1n) is 8.19. The van der Waals surface area contributed by atoms with Crippen molar-refractivity contribution in [1.29, 1.82) is 0 Å².